The number of aromatic hydroxyl groups is 1. The van der Waals surface area contributed by atoms with Gasteiger partial charge in [-0.1, -0.05) is 42.5 Å². The van der Waals surface area contributed by atoms with Crippen LogP contribution in [-0.4, -0.2) is 16.2 Å². The zero-order valence-corrected chi connectivity index (χ0v) is 12.7. The van der Waals surface area contributed by atoms with Gasteiger partial charge in [0.15, 0.2) is 0 Å². The highest BCUT2D eigenvalue weighted by Crippen LogP contribution is 2.24. The molecule has 3 rings (SSSR count). The van der Waals surface area contributed by atoms with E-state index in [1.165, 1.54) is 24.4 Å². The Kier molecular flexibility index (Phi) is 4.34. The second kappa shape index (κ2) is 6.75. The van der Waals surface area contributed by atoms with Gasteiger partial charge in [-0.25, -0.2) is 0 Å². The summed E-state index contributed by atoms with van der Waals surface area (Å²) in [5, 5.41) is 20.6. The van der Waals surface area contributed by atoms with Gasteiger partial charge in [-0.15, -0.1) is 0 Å². The molecule has 0 aliphatic heterocycles. The van der Waals surface area contributed by atoms with Crippen molar-refractivity contribution in [3.8, 4) is 16.9 Å². The molecule has 0 radical (unpaired) electrons. The van der Waals surface area contributed by atoms with Crippen molar-refractivity contribution in [2.75, 3.05) is 0 Å². The van der Waals surface area contributed by atoms with E-state index < -0.39 is 4.92 Å². The highest BCUT2D eigenvalue weighted by molar-refractivity contribution is 5.86. The average molecular weight is 318 g/mol. The molecule has 0 heterocycles. The Morgan fingerprint density at radius 3 is 2.25 bits per heavy atom. The Morgan fingerprint density at radius 1 is 0.917 bits per heavy atom. The van der Waals surface area contributed by atoms with Crippen molar-refractivity contribution in [3.63, 3.8) is 0 Å². The maximum Gasteiger partial charge on any atom is 0.270 e. The van der Waals surface area contributed by atoms with Gasteiger partial charge in [-0.05, 0) is 29.3 Å². The van der Waals surface area contributed by atoms with E-state index in [1.807, 2.05) is 54.6 Å². The van der Waals surface area contributed by atoms with E-state index >= 15 is 0 Å². The maximum absolute atomic E-state index is 10.8. The van der Waals surface area contributed by atoms with Gasteiger partial charge in [0.05, 0.1) is 10.6 Å². The predicted octanol–water partition coefficient (Wildman–Crippen LogP) is 4.72. The lowest BCUT2D eigenvalue weighted by Crippen LogP contribution is -1.90. The summed E-state index contributed by atoms with van der Waals surface area (Å²) in [5.41, 5.74) is 3.10. The van der Waals surface area contributed by atoms with Crippen LogP contribution in [0.1, 0.15) is 5.56 Å². The Balaban J connectivity index is 1.83. The Hall–Kier alpha value is -3.47. The van der Waals surface area contributed by atoms with Crippen LogP contribution in [0, 0.1) is 10.1 Å². The summed E-state index contributed by atoms with van der Waals surface area (Å²) >= 11 is 0. The summed E-state index contributed by atoms with van der Waals surface area (Å²) in [6, 6.07) is 21.4. The normalized spacial score (nSPS) is 10.8. The molecule has 0 bridgehead atoms. The topological polar surface area (TPSA) is 75.7 Å². The molecule has 0 unspecified atom stereocenters. The van der Waals surface area contributed by atoms with Crippen molar-refractivity contribution in [1.29, 1.82) is 0 Å². The lowest BCUT2D eigenvalue weighted by molar-refractivity contribution is -0.384. The van der Waals surface area contributed by atoms with E-state index in [4.69, 9.17) is 0 Å². The van der Waals surface area contributed by atoms with Gasteiger partial charge >= 0.3 is 0 Å². The number of nitrogens with zero attached hydrogens (tertiary/aromatic N) is 2. The molecule has 0 saturated carbocycles. The van der Waals surface area contributed by atoms with Crippen molar-refractivity contribution >= 4 is 17.6 Å². The first-order valence-electron chi connectivity index (χ1n) is 7.30. The number of nitro benzene ring substituents is 1. The van der Waals surface area contributed by atoms with E-state index in [0.717, 1.165) is 11.1 Å². The monoisotopic (exact) mass is 318 g/mol. The van der Waals surface area contributed by atoms with Gasteiger partial charge in [-0.2, -0.15) is 0 Å². The molecule has 0 saturated heterocycles. The first-order valence-corrected chi connectivity index (χ1v) is 7.30. The molecular weight excluding hydrogens is 304 g/mol. The summed E-state index contributed by atoms with van der Waals surface area (Å²) in [6.07, 6.45) is 1.42. The molecule has 0 spiro atoms. The van der Waals surface area contributed by atoms with Crippen LogP contribution in [0.15, 0.2) is 77.8 Å². The molecule has 1 N–H and O–H groups in total. The summed E-state index contributed by atoms with van der Waals surface area (Å²) in [5.74, 6) is -0.0507. The Morgan fingerprint density at radius 2 is 1.58 bits per heavy atom. The van der Waals surface area contributed by atoms with E-state index in [9.17, 15) is 15.2 Å². The second-order valence-electron chi connectivity index (χ2n) is 5.17. The molecule has 5 nitrogen and oxygen atoms in total. The second-order valence-corrected chi connectivity index (χ2v) is 5.17. The van der Waals surface area contributed by atoms with Crippen molar-refractivity contribution < 1.29 is 10.0 Å². The number of rotatable bonds is 4. The van der Waals surface area contributed by atoms with Crippen molar-refractivity contribution in [2.45, 2.75) is 0 Å². The molecule has 0 amide bonds. The number of non-ortho nitro benzene ring substituents is 1. The van der Waals surface area contributed by atoms with Gasteiger partial charge in [0.25, 0.3) is 5.69 Å². The number of nitro groups is 1. The fourth-order valence-electron chi connectivity index (χ4n) is 2.27. The zero-order chi connectivity index (χ0) is 16.9. The van der Waals surface area contributed by atoms with Crippen LogP contribution in [0.2, 0.25) is 0 Å². The Bertz CT molecular complexity index is 888. The van der Waals surface area contributed by atoms with Crippen LogP contribution < -0.4 is 0 Å². The van der Waals surface area contributed by atoms with Gasteiger partial charge < -0.3 is 5.11 Å². The molecule has 3 aromatic rings. The van der Waals surface area contributed by atoms with Gasteiger partial charge in [0.2, 0.25) is 0 Å². The molecule has 24 heavy (non-hydrogen) atoms. The van der Waals surface area contributed by atoms with Crippen LogP contribution in [-0.2, 0) is 0 Å². The van der Waals surface area contributed by atoms with Crippen molar-refractivity contribution in [3.05, 3.63) is 88.5 Å². The first-order chi connectivity index (χ1) is 11.6. The molecular formula is C19H14N2O3. The maximum atomic E-state index is 10.8. The number of hydrogen-bond donors (Lipinski definition) is 1. The lowest BCUT2D eigenvalue weighted by atomic mass is 10.1. The highest BCUT2D eigenvalue weighted by Gasteiger charge is 2.08. The fourth-order valence-corrected chi connectivity index (χ4v) is 2.27. The van der Waals surface area contributed by atoms with Gasteiger partial charge in [0.1, 0.15) is 5.75 Å². The summed E-state index contributed by atoms with van der Waals surface area (Å²) < 4.78 is 0. The smallest absolute Gasteiger partial charge is 0.270 e. The fraction of sp³-hybridized carbons (Fsp3) is 0. The third-order valence-corrected chi connectivity index (χ3v) is 3.55. The van der Waals surface area contributed by atoms with E-state index in [2.05, 4.69) is 4.99 Å². The summed E-state index contributed by atoms with van der Waals surface area (Å²) in [7, 11) is 0. The molecule has 5 heteroatoms. The molecule has 3 aromatic carbocycles. The van der Waals surface area contributed by atoms with E-state index in [0.29, 0.717) is 11.3 Å². The molecule has 0 aliphatic rings. The Labute approximate surface area is 138 Å². The number of phenolic OH excluding ortho intramolecular Hbond substituents is 1. The van der Waals surface area contributed by atoms with Crippen LogP contribution >= 0.6 is 0 Å². The standard InChI is InChI=1S/C19H14N2O3/c22-19-11-10-18(21(23)24)12-16(19)13-20-17-8-6-15(7-9-17)14-4-2-1-3-5-14/h1-13,22H. The lowest BCUT2D eigenvalue weighted by Gasteiger charge is -2.02. The molecule has 118 valence electrons. The minimum atomic E-state index is -0.508. The zero-order valence-electron chi connectivity index (χ0n) is 12.7. The summed E-state index contributed by atoms with van der Waals surface area (Å²) in [4.78, 5) is 14.5. The summed E-state index contributed by atoms with van der Waals surface area (Å²) in [6.45, 7) is 0. The SMILES string of the molecule is O=[N+]([O-])c1ccc(O)c(C=Nc2ccc(-c3ccccc3)cc2)c1. The minimum absolute atomic E-state index is 0.0507. The number of phenols is 1. The quantitative estimate of drug-likeness (QED) is 0.429. The van der Waals surface area contributed by atoms with Crippen molar-refractivity contribution in [2.24, 2.45) is 4.99 Å². The molecule has 0 fully saturated rings. The highest BCUT2D eigenvalue weighted by atomic mass is 16.6. The number of aliphatic imine (C=N–C) groups is 1. The largest absolute Gasteiger partial charge is 0.507 e. The number of benzene rings is 3. The predicted molar refractivity (Wildman–Crippen MR) is 93.9 cm³/mol. The van der Waals surface area contributed by atoms with Crippen molar-refractivity contribution in [1.82, 2.24) is 0 Å². The molecule has 0 aliphatic carbocycles. The third kappa shape index (κ3) is 3.47. The number of hydrogen-bond acceptors (Lipinski definition) is 4. The molecule has 0 aromatic heterocycles. The first kappa shape index (κ1) is 15.4. The van der Waals surface area contributed by atoms with Crippen LogP contribution in [0.4, 0.5) is 11.4 Å². The van der Waals surface area contributed by atoms with Gasteiger partial charge in [-0.3, -0.25) is 15.1 Å². The van der Waals surface area contributed by atoms with E-state index in [-0.39, 0.29) is 11.4 Å². The van der Waals surface area contributed by atoms with Crippen LogP contribution in [0.25, 0.3) is 11.1 Å². The van der Waals surface area contributed by atoms with E-state index in [1.54, 1.807) is 0 Å². The van der Waals surface area contributed by atoms with Gasteiger partial charge in [0, 0.05) is 23.9 Å². The average Bonchev–Trinajstić information content (AvgIpc) is 2.62. The van der Waals surface area contributed by atoms with Crippen LogP contribution in [0.3, 0.4) is 0 Å². The van der Waals surface area contributed by atoms with Crippen LogP contribution in [0.5, 0.6) is 5.75 Å². The molecule has 0 atom stereocenters. The third-order valence-electron chi connectivity index (χ3n) is 3.55. The minimum Gasteiger partial charge on any atom is -0.507 e.